The van der Waals surface area contributed by atoms with Gasteiger partial charge in [-0.05, 0) is 50.2 Å². The maximum Gasteiger partial charge on any atom is 0.271 e. The van der Waals surface area contributed by atoms with Crippen LogP contribution in [0.25, 0.3) is 16.9 Å². The number of carbonyl (C=O) groups is 2. The summed E-state index contributed by atoms with van der Waals surface area (Å²) in [5.74, 6) is -0.761. The molecule has 0 spiro atoms. The quantitative estimate of drug-likeness (QED) is 0.316. The van der Waals surface area contributed by atoms with Crippen LogP contribution in [0.2, 0.25) is 10.0 Å². The lowest BCUT2D eigenvalue weighted by atomic mass is 10.1. The molecule has 0 radical (unpaired) electrons. The van der Waals surface area contributed by atoms with Crippen molar-refractivity contribution in [3.8, 4) is 16.9 Å². The fourth-order valence-electron chi connectivity index (χ4n) is 3.36. The Labute approximate surface area is 217 Å². The molecule has 2 aromatic carbocycles. The SMILES string of the molecule is CC(C)(O)CNC(=O)c1cc(NC(=O)c2cc(-c3ccccn3)c(Cl)cc2Cl)n(-c2ccccc2)n1. The fourth-order valence-corrected chi connectivity index (χ4v) is 3.93. The van der Waals surface area contributed by atoms with E-state index in [9.17, 15) is 14.7 Å². The predicted octanol–water partition coefficient (Wildman–Crippen LogP) is 4.99. The van der Waals surface area contributed by atoms with Crippen LogP contribution in [0.15, 0.2) is 72.9 Å². The van der Waals surface area contributed by atoms with Crippen LogP contribution in [0.3, 0.4) is 0 Å². The summed E-state index contributed by atoms with van der Waals surface area (Å²) in [5, 5.41) is 20.2. The Bertz CT molecular complexity index is 1400. The zero-order valence-electron chi connectivity index (χ0n) is 19.5. The molecular formula is C26H23Cl2N5O3. The number of halogens is 2. The number of aliphatic hydroxyl groups is 1. The third-order valence-corrected chi connectivity index (χ3v) is 5.73. The van der Waals surface area contributed by atoms with E-state index in [-0.39, 0.29) is 28.6 Å². The minimum atomic E-state index is -1.09. The van der Waals surface area contributed by atoms with Gasteiger partial charge in [0, 0.05) is 24.4 Å². The molecule has 0 bridgehead atoms. The van der Waals surface area contributed by atoms with Gasteiger partial charge in [0.25, 0.3) is 11.8 Å². The van der Waals surface area contributed by atoms with Crippen LogP contribution in [0.5, 0.6) is 0 Å². The van der Waals surface area contributed by atoms with Crippen molar-refractivity contribution >= 4 is 40.8 Å². The number of nitrogens with one attached hydrogen (secondary N) is 2. The standard InChI is InChI=1S/C26H23Cl2N5O3/c1-26(2,36)15-30-25(35)22-14-23(33(32-22)16-8-4-3-5-9-16)31-24(34)18-12-17(19(27)13-20(18)28)21-10-6-7-11-29-21/h3-14,36H,15H2,1-2H3,(H,30,35)(H,31,34). The van der Waals surface area contributed by atoms with Gasteiger partial charge in [0.2, 0.25) is 0 Å². The Morgan fingerprint density at radius 2 is 1.69 bits per heavy atom. The topological polar surface area (TPSA) is 109 Å². The van der Waals surface area contributed by atoms with Gasteiger partial charge in [0.05, 0.1) is 32.6 Å². The molecule has 0 aliphatic heterocycles. The average Bonchev–Trinajstić information content (AvgIpc) is 3.27. The Balaban J connectivity index is 1.68. The summed E-state index contributed by atoms with van der Waals surface area (Å²) in [4.78, 5) is 30.3. The van der Waals surface area contributed by atoms with E-state index in [0.717, 1.165) is 0 Å². The second-order valence-electron chi connectivity index (χ2n) is 8.64. The minimum Gasteiger partial charge on any atom is -0.389 e. The molecule has 0 aliphatic rings. The number of amides is 2. The highest BCUT2D eigenvalue weighted by Gasteiger charge is 2.22. The third kappa shape index (κ3) is 5.91. The largest absolute Gasteiger partial charge is 0.389 e. The van der Waals surface area contributed by atoms with E-state index in [1.165, 1.54) is 16.8 Å². The van der Waals surface area contributed by atoms with Gasteiger partial charge in [-0.15, -0.1) is 0 Å². The molecule has 0 saturated heterocycles. The highest BCUT2D eigenvalue weighted by atomic mass is 35.5. The Morgan fingerprint density at radius 1 is 0.972 bits per heavy atom. The molecule has 0 unspecified atom stereocenters. The molecule has 0 fully saturated rings. The molecule has 3 N–H and O–H groups in total. The van der Waals surface area contributed by atoms with Crippen LogP contribution >= 0.6 is 23.2 Å². The van der Waals surface area contributed by atoms with Crippen molar-refractivity contribution in [3.05, 3.63) is 94.2 Å². The van der Waals surface area contributed by atoms with E-state index in [2.05, 4.69) is 20.7 Å². The number of hydrogen-bond donors (Lipinski definition) is 3. The van der Waals surface area contributed by atoms with Crippen LogP contribution in [-0.2, 0) is 0 Å². The van der Waals surface area contributed by atoms with Crippen LogP contribution in [-0.4, -0.2) is 43.8 Å². The number of pyridine rings is 1. The molecule has 184 valence electrons. The number of anilines is 1. The summed E-state index contributed by atoms with van der Waals surface area (Å²) < 4.78 is 1.44. The van der Waals surface area contributed by atoms with E-state index in [1.807, 2.05) is 24.3 Å². The number of hydrogen-bond acceptors (Lipinski definition) is 5. The van der Waals surface area contributed by atoms with Gasteiger partial charge in [0.15, 0.2) is 5.69 Å². The first-order chi connectivity index (χ1) is 17.1. The van der Waals surface area contributed by atoms with E-state index < -0.39 is 17.4 Å². The number of aromatic nitrogens is 3. The average molecular weight is 524 g/mol. The van der Waals surface area contributed by atoms with Crippen LogP contribution in [0.4, 0.5) is 5.82 Å². The van der Waals surface area contributed by atoms with E-state index in [0.29, 0.717) is 22.0 Å². The fraction of sp³-hybridized carbons (Fsp3) is 0.154. The van der Waals surface area contributed by atoms with Gasteiger partial charge in [-0.3, -0.25) is 14.6 Å². The number of para-hydroxylation sites is 1. The van der Waals surface area contributed by atoms with E-state index in [1.54, 1.807) is 50.4 Å². The van der Waals surface area contributed by atoms with Gasteiger partial charge in [-0.2, -0.15) is 5.10 Å². The maximum absolute atomic E-state index is 13.3. The number of nitrogens with zero attached hydrogens (tertiary/aromatic N) is 3. The van der Waals surface area contributed by atoms with E-state index >= 15 is 0 Å². The monoisotopic (exact) mass is 523 g/mol. The lowest BCUT2D eigenvalue weighted by Gasteiger charge is -2.16. The lowest BCUT2D eigenvalue weighted by Crippen LogP contribution is -2.38. The predicted molar refractivity (Wildman–Crippen MR) is 140 cm³/mol. The van der Waals surface area contributed by atoms with Crippen molar-refractivity contribution in [1.82, 2.24) is 20.1 Å². The maximum atomic E-state index is 13.3. The Hall–Kier alpha value is -3.72. The highest BCUT2D eigenvalue weighted by molar-refractivity contribution is 6.38. The second-order valence-corrected chi connectivity index (χ2v) is 9.45. The molecule has 2 amide bonds. The normalized spacial score (nSPS) is 11.2. The molecule has 36 heavy (non-hydrogen) atoms. The van der Waals surface area contributed by atoms with Gasteiger partial charge in [-0.1, -0.05) is 47.5 Å². The Kier molecular flexibility index (Phi) is 7.40. The summed E-state index contributed by atoms with van der Waals surface area (Å²) in [7, 11) is 0. The van der Waals surface area contributed by atoms with Crippen molar-refractivity contribution in [2.24, 2.45) is 0 Å². The van der Waals surface area contributed by atoms with Crippen molar-refractivity contribution in [2.45, 2.75) is 19.4 Å². The van der Waals surface area contributed by atoms with E-state index in [4.69, 9.17) is 23.2 Å². The van der Waals surface area contributed by atoms with Crippen LogP contribution < -0.4 is 10.6 Å². The molecule has 8 nitrogen and oxygen atoms in total. The molecule has 2 heterocycles. The zero-order valence-corrected chi connectivity index (χ0v) is 21.0. The van der Waals surface area contributed by atoms with Crippen molar-refractivity contribution in [2.75, 3.05) is 11.9 Å². The number of rotatable bonds is 7. The summed E-state index contributed by atoms with van der Waals surface area (Å²) in [6.07, 6.45) is 1.63. The third-order valence-electron chi connectivity index (χ3n) is 5.11. The molecule has 4 aromatic rings. The molecule has 0 saturated carbocycles. The Morgan fingerprint density at radius 3 is 2.36 bits per heavy atom. The minimum absolute atomic E-state index is 0.0302. The lowest BCUT2D eigenvalue weighted by molar-refractivity contribution is 0.0691. The summed E-state index contributed by atoms with van der Waals surface area (Å²) in [6, 6.07) is 18.9. The van der Waals surface area contributed by atoms with Crippen molar-refractivity contribution in [3.63, 3.8) is 0 Å². The van der Waals surface area contributed by atoms with Crippen LogP contribution in [0, 0.1) is 0 Å². The molecule has 10 heteroatoms. The summed E-state index contributed by atoms with van der Waals surface area (Å²) in [6.45, 7) is 3.19. The molecule has 0 aliphatic carbocycles. The molecule has 4 rings (SSSR count). The highest BCUT2D eigenvalue weighted by Crippen LogP contribution is 2.32. The molecule has 2 aromatic heterocycles. The zero-order chi connectivity index (χ0) is 25.9. The van der Waals surface area contributed by atoms with Crippen LogP contribution in [0.1, 0.15) is 34.7 Å². The van der Waals surface area contributed by atoms with Crippen molar-refractivity contribution < 1.29 is 14.7 Å². The second kappa shape index (κ2) is 10.5. The van der Waals surface area contributed by atoms with Gasteiger partial charge < -0.3 is 15.7 Å². The first-order valence-electron chi connectivity index (χ1n) is 11.0. The number of carbonyl (C=O) groups excluding carboxylic acids is 2. The first kappa shape index (κ1) is 25.4. The molecule has 0 atom stereocenters. The van der Waals surface area contributed by atoms with Gasteiger partial charge >= 0.3 is 0 Å². The summed E-state index contributed by atoms with van der Waals surface area (Å²) >= 11 is 12.7. The van der Waals surface area contributed by atoms with Gasteiger partial charge in [0.1, 0.15) is 5.82 Å². The summed E-state index contributed by atoms with van der Waals surface area (Å²) in [5.41, 5.74) is 0.921. The smallest absolute Gasteiger partial charge is 0.271 e. The molecular weight excluding hydrogens is 501 g/mol. The first-order valence-corrected chi connectivity index (χ1v) is 11.8. The number of benzene rings is 2. The van der Waals surface area contributed by atoms with Gasteiger partial charge in [-0.25, -0.2) is 4.68 Å². The van der Waals surface area contributed by atoms with Crippen molar-refractivity contribution in [1.29, 1.82) is 0 Å².